The van der Waals surface area contributed by atoms with Gasteiger partial charge in [0.15, 0.2) is 0 Å². The number of hydrogen-bond acceptors (Lipinski definition) is 5. The number of carbonyl (C=O) groups excluding carboxylic acids is 1. The van der Waals surface area contributed by atoms with Crippen LogP contribution in [0.1, 0.15) is 23.7 Å². The predicted octanol–water partition coefficient (Wildman–Crippen LogP) is 0.103. The quantitative estimate of drug-likeness (QED) is 0.634. The second-order valence-electron chi connectivity index (χ2n) is 3.74. The zero-order chi connectivity index (χ0) is 12.8. The van der Waals surface area contributed by atoms with E-state index in [0.717, 1.165) is 5.56 Å². The van der Waals surface area contributed by atoms with Gasteiger partial charge in [-0.15, -0.1) is 0 Å². The molecule has 5 nitrogen and oxygen atoms in total. The molecule has 0 spiro atoms. The minimum absolute atomic E-state index is 0.240. The molecule has 0 fully saturated rings. The molecule has 1 aromatic carbocycles. The second-order valence-corrected chi connectivity index (χ2v) is 3.74. The van der Waals surface area contributed by atoms with Gasteiger partial charge >= 0.3 is 5.97 Å². The van der Waals surface area contributed by atoms with Crippen molar-refractivity contribution >= 4 is 5.97 Å². The first kappa shape index (κ1) is 13.6. The molecule has 0 aliphatic heterocycles. The first-order valence-electron chi connectivity index (χ1n) is 5.30. The standard InChI is InChI=1S/C12H17NO4/c1-17-11(15)6-10(14)12(16)9-4-2-8(7-13)3-5-9/h2-5,10,12,14,16H,6-7,13H2,1H3. The van der Waals surface area contributed by atoms with Crippen molar-refractivity contribution in [1.82, 2.24) is 0 Å². The lowest BCUT2D eigenvalue weighted by Gasteiger charge is -2.17. The van der Waals surface area contributed by atoms with Crippen molar-refractivity contribution in [2.24, 2.45) is 5.73 Å². The molecule has 2 unspecified atom stereocenters. The van der Waals surface area contributed by atoms with Crippen molar-refractivity contribution < 1.29 is 19.7 Å². The molecule has 0 radical (unpaired) electrons. The zero-order valence-electron chi connectivity index (χ0n) is 9.67. The van der Waals surface area contributed by atoms with Gasteiger partial charge < -0.3 is 20.7 Å². The molecule has 0 saturated carbocycles. The highest BCUT2D eigenvalue weighted by molar-refractivity contribution is 5.69. The lowest BCUT2D eigenvalue weighted by molar-refractivity contribution is -0.144. The second kappa shape index (κ2) is 6.34. The van der Waals surface area contributed by atoms with E-state index in [1.807, 2.05) is 0 Å². The number of esters is 1. The monoisotopic (exact) mass is 239 g/mol. The van der Waals surface area contributed by atoms with Crippen LogP contribution in [0.3, 0.4) is 0 Å². The maximum atomic E-state index is 10.9. The van der Waals surface area contributed by atoms with Crippen molar-refractivity contribution in [3.63, 3.8) is 0 Å². The van der Waals surface area contributed by atoms with Gasteiger partial charge in [-0.05, 0) is 11.1 Å². The third kappa shape index (κ3) is 3.81. The van der Waals surface area contributed by atoms with E-state index in [1.54, 1.807) is 24.3 Å². The average Bonchev–Trinajstić information content (AvgIpc) is 2.37. The summed E-state index contributed by atoms with van der Waals surface area (Å²) in [5.74, 6) is -0.560. The largest absolute Gasteiger partial charge is 0.469 e. The maximum Gasteiger partial charge on any atom is 0.308 e. The molecule has 0 bridgehead atoms. The molecule has 1 aromatic rings. The van der Waals surface area contributed by atoms with E-state index in [0.29, 0.717) is 12.1 Å². The Hall–Kier alpha value is -1.43. The summed E-state index contributed by atoms with van der Waals surface area (Å²) in [6.07, 6.45) is -2.52. The number of aliphatic hydroxyl groups is 2. The van der Waals surface area contributed by atoms with Crippen LogP contribution in [0.25, 0.3) is 0 Å². The van der Waals surface area contributed by atoms with E-state index in [1.165, 1.54) is 7.11 Å². The highest BCUT2D eigenvalue weighted by Gasteiger charge is 2.21. The first-order chi connectivity index (χ1) is 8.08. The minimum Gasteiger partial charge on any atom is -0.469 e. The third-order valence-electron chi connectivity index (χ3n) is 2.52. The maximum absolute atomic E-state index is 10.9. The fraction of sp³-hybridized carbons (Fsp3) is 0.417. The van der Waals surface area contributed by atoms with Crippen LogP contribution in [-0.2, 0) is 16.1 Å². The van der Waals surface area contributed by atoms with Crippen molar-refractivity contribution in [2.45, 2.75) is 25.2 Å². The number of nitrogens with two attached hydrogens (primary N) is 1. The van der Waals surface area contributed by atoms with E-state index in [-0.39, 0.29) is 6.42 Å². The number of aliphatic hydroxyl groups excluding tert-OH is 2. The Balaban J connectivity index is 2.67. The van der Waals surface area contributed by atoms with E-state index >= 15 is 0 Å². The van der Waals surface area contributed by atoms with Gasteiger partial charge in [0, 0.05) is 6.54 Å². The van der Waals surface area contributed by atoms with Gasteiger partial charge in [0.1, 0.15) is 6.10 Å². The molecule has 94 valence electrons. The summed E-state index contributed by atoms with van der Waals surface area (Å²) in [7, 11) is 1.23. The van der Waals surface area contributed by atoms with E-state index in [9.17, 15) is 15.0 Å². The third-order valence-corrected chi connectivity index (χ3v) is 2.52. The molecule has 5 heteroatoms. The zero-order valence-corrected chi connectivity index (χ0v) is 9.67. The number of hydrogen-bond donors (Lipinski definition) is 3. The van der Waals surface area contributed by atoms with Gasteiger partial charge in [-0.2, -0.15) is 0 Å². The Morgan fingerprint density at radius 1 is 1.35 bits per heavy atom. The summed E-state index contributed by atoms with van der Waals surface area (Å²) in [4.78, 5) is 10.9. The molecule has 17 heavy (non-hydrogen) atoms. The summed E-state index contributed by atoms with van der Waals surface area (Å²) in [5, 5.41) is 19.4. The molecule has 0 heterocycles. The lowest BCUT2D eigenvalue weighted by atomic mass is 10.0. The first-order valence-corrected chi connectivity index (χ1v) is 5.30. The van der Waals surface area contributed by atoms with E-state index in [2.05, 4.69) is 4.74 Å². The lowest BCUT2D eigenvalue weighted by Crippen LogP contribution is -2.22. The SMILES string of the molecule is COC(=O)CC(O)C(O)c1ccc(CN)cc1. The highest BCUT2D eigenvalue weighted by atomic mass is 16.5. The van der Waals surface area contributed by atoms with Gasteiger partial charge in [0.25, 0.3) is 0 Å². The summed E-state index contributed by atoms with van der Waals surface area (Å²) >= 11 is 0. The van der Waals surface area contributed by atoms with Crippen molar-refractivity contribution in [3.05, 3.63) is 35.4 Å². The van der Waals surface area contributed by atoms with Crippen LogP contribution in [0.2, 0.25) is 0 Å². The van der Waals surface area contributed by atoms with Crippen LogP contribution < -0.4 is 5.73 Å². The van der Waals surface area contributed by atoms with Gasteiger partial charge in [0.2, 0.25) is 0 Å². The topological polar surface area (TPSA) is 92.8 Å². The number of benzene rings is 1. The molecule has 0 aliphatic rings. The fourth-order valence-electron chi connectivity index (χ4n) is 1.44. The fourth-order valence-corrected chi connectivity index (χ4v) is 1.44. The summed E-state index contributed by atoms with van der Waals surface area (Å²) in [6, 6.07) is 6.88. The number of carbonyl (C=O) groups is 1. The summed E-state index contributed by atoms with van der Waals surface area (Å²) < 4.78 is 4.42. The van der Waals surface area contributed by atoms with Crippen molar-refractivity contribution in [3.8, 4) is 0 Å². The Bertz CT molecular complexity index is 363. The molecular weight excluding hydrogens is 222 g/mol. The van der Waals surface area contributed by atoms with Crippen LogP contribution in [0.4, 0.5) is 0 Å². The Labute approximate surface area is 99.8 Å². The molecular formula is C12H17NO4. The van der Waals surface area contributed by atoms with Gasteiger partial charge in [-0.1, -0.05) is 24.3 Å². The van der Waals surface area contributed by atoms with Gasteiger partial charge in [-0.25, -0.2) is 0 Å². The van der Waals surface area contributed by atoms with Crippen LogP contribution in [0.15, 0.2) is 24.3 Å². The highest BCUT2D eigenvalue weighted by Crippen LogP contribution is 2.19. The molecule has 0 amide bonds. The van der Waals surface area contributed by atoms with Gasteiger partial charge in [-0.3, -0.25) is 4.79 Å². The molecule has 0 saturated heterocycles. The molecule has 0 aliphatic carbocycles. The minimum atomic E-state index is -1.17. The van der Waals surface area contributed by atoms with Crippen molar-refractivity contribution in [2.75, 3.05) is 7.11 Å². The molecule has 0 aromatic heterocycles. The van der Waals surface area contributed by atoms with Gasteiger partial charge in [0.05, 0.1) is 19.6 Å². The Morgan fingerprint density at radius 2 is 1.94 bits per heavy atom. The molecule has 4 N–H and O–H groups in total. The smallest absolute Gasteiger partial charge is 0.308 e. The number of rotatable bonds is 5. The van der Waals surface area contributed by atoms with Crippen molar-refractivity contribution in [1.29, 1.82) is 0 Å². The van der Waals surface area contributed by atoms with Crippen LogP contribution in [-0.4, -0.2) is 29.4 Å². The Kier molecular flexibility index (Phi) is 5.09. The molecule has 1 rings (SSSR count). The van der Waals surface area contributed by atoms with E-state index < -0.39 is 18.2 Å². The predicted molar refractivity (Wildman–Crippen MR) is 61.9 cm³/mol. The average molecular weight is 239 g/mol. The molecule has 2 atom stereocenters. The number of methoxy groups -OCH3 is 1. The normalized spacial score (nSPS) is 14.1. The van der Waals surface area contributed by atoms with Crippen LogP contribution in [0.5, 0.6) is 0 Å². The number of ether oxygens (including phenoxy) is 1. The Morgan fingerprint density at radius 3 is 2.41 bits per heavy atom. The van der Waals surface area contributed by atoms with Crippen LogP contribution in [0, 0.1) is 0 Å². The van der Waals surface area contributed by atoms with E-state index in [4.69, 9.17) is 5.73 Å². The van der Waals surface area contributed by atoms with Crippen LogP contribution >= 0.6 is 0 Å². The summed E-state index contributed by atoms with van der Waals surface area (Å²) in [5.41, 5.74) is 6.92. The summed E-state index contributed by atoms with van der Waals surface area (Å²) in [6.45, 7) is 0.418.